The molecule has 1 aliphatic rings. The Hall–Kier alpha value is -1.72. The Morgan fingerprint density at radius 2 is 1.06 bits per heavy atom. The Labute approximate surface area is 382 Å². The second-order valence-electron chi connectivity index (χ2n) is 17.5. The van der Waals surface area contributed by atoms with Crippen LogP contribution in [-0.2, 0) is 28.9 Å². The van der Waals surface area contributed by atoms with Crippen LogP contribution in [0.3, 0.4) is 0 Å². The van der Waals surface area contributed by atoms with Gasteiger partial charge >= 0.3 is 10.4 Å². The lowest BCUT2D eigenvalue weighted by atomic mass is 9.99. The van der Waals surface area contributed by atoms with Gasteiger partial charge in [0, 0.05) is 0 Å². The van der Waals surface area contributed by atoms with E-state index < -0.39 is 78.5 Å². The summed E-state index contributed by atoms with van der Waals surface area (Å²) in [5.74, 6) is -0.715. The van der Waals surface area contributed by atoms with Crippen LogP contribution in [0.4, 0.5) is 0 Å². The van der Waals surface area contributed by atoms with E-state index in [0.29, 0.717) is 12.8 Å². The van der Waals surface area contributed by atoms with Crippen molar-refractivity contribution in [3.05, 3.63) is 36.5 Å². The van der Waals surface area contributed by atoms with Crippen molar-refractivity contribution in [2.45, 2.75) is 255 Å². The van der Waals surface area contributed by atoms with Crippen LogP contribution in [0, 0.1) is 0 Å². The predicted molar refractivity (Wildman–Crippen MR) is 251 cm³/mol. The highest BCUT2D eigenvalue weighted by Crippen LogP contribution is 2.26. The van der Waals surface area contributed by atoms with E-state index in [9.17, 15) is 43.3 Å². The summed E-state index contributed by atoms with van der Waals surface area (Å²) in [7, 11) is -5.12. The lowest BCUT2D eigenvalue weighted by Gasteiger charge is -2.41. The number of allylic oxidation sites excluding steroid dienone is 5. The number of hydrogen-bond acceptors (Lipinski definition) is 11. The summed E-state index contributed by atoms with van der Waals surface area (Å²) in [5, 5.41) is 55.3. The average molecular weight is 918 g/mol. The maximum absolute atomic E-state index is 13.1. The van der Waals surface area contributed by atoms with E-state index in [1.54, 1.807) is 6.08 Å². The summed E-state index contributed by atoms with van der Waals surface area (Å²) < 4.78 is 47.5. The standard InChI is InChI=1S/C49H91NO12S/c1-3-5-7-9-11-13-15-17-19-21-22-24-26-28-30-32-34-36-38-43(53)48(56)50-41(40-60-49-46(55)47(62-63(57,58)59)45(54)44(39-51)61-49)42(52)37-35-33-31-29-27-25-23-20-18-16-14-12-10-8-6-4-2/h18,20,27,29,35,37,41-47,49,51-55H,3-17,19,21-26,28,30-34,36,38-40H2,1-2H3,(H,50,56)(H,57,58,59)/b20-18+,29-27+,37-35+. The van der Waals surface area contributed by atoms with Gasteiger partial charge in [0.2, 0.25) is 5.91 Å². The molecule has 1 heterocycles. The second-order valence-corrected chi connectivity index (χ2v) is 18.6. The second kappa shape index (κ2) is 39.4. The van der Waals surface area contributed by atoms with Crippen LogP contribution in [-0.4, -0.2) is 107 Å². The van der Waals surface area contributed by atoms with Crippen LogP contribution >= 0.6 is 0 Å². The normalized spacial score (nSPS) is 21.2. The molecule has 8 unspecified atom stereocenters. The SMILES string of the molecule is CCCCCCCC/C=C/CC/C=C/CC/C=C/C(O)C(COC1OC(CO)C(O)C(OS(=O)(=O)O)C1O)NC(=O)C(O)CCCCCCCCCCCCCCCCCCCC. The topological polar surface area (TPSA) is 212 Å². The first kappa shape index (κ1) is 59.3. The quantitative estimate of drug-likeness (QED) is 0.0174. The van der Waals surface area contributed by atoms with Gasteiger partial charge in [-0.05, 0) is 44.9 Å². The molecule has 0 aromatic rings. The fraction of sp³-hybridized carbons (Fsp3) is 0.857. The third kappa shape index (κ3) is 31.8. The van der Waals surface area contributed by atoms with Gasteiger partial charge in [-0.3, -0.25) is 9.35 Å². The minimum atomic E-state index is -5.12. The molecule has 370 valence electrons. The van der Waals surface area contributed by atoms with Crippen molar-refractivity contribution < 1.29 is 57.0 Å². The summed E-state index contributed by atoms with van der Waals surface area (Å²) in [6.07, 6.45) is 35.1. The summed E-state index contributed by atoms with van der Waals surface area (Å²) in [4.78, 5) is 13.1. The van der Waals surface area contributed by atoms with E-state index in [1.807, 2.05) is 0 Å². The van der Waals surface area contributed by atoms with Crippen LogP contribution in [0.1, 0.15) is 206 Å². The summed E-state index contributed by atoms with van der Waals surface area (Å²) >= 11 is 0. The van der Waals surface area contributed by atoms with E-state index >= 15 is 0 Å². The molecule has 1 saturated heterocycles. The summed E-state index contributed by atoms with van der Waals surface area (Å²) in [5.41, 5.74) is 0. The van der Waals surface area contributed by atoms with Gasteiger partial charge in [0.15, 0.2) is 6.29 Å². The van der Waals surface area contributed by atoms with Crippen molar-refractivity contribution in [3.8, 4) is 0 Å². The fourth-order valence-corrected chi connectivity index (χ4v) is 8.30. The van der Waals surface area contributed by atoms with Crippen LogP contribution in [0.25, 0.3) is 0 Å². The molecule has 7 N–H and O–H groups in total. The van der Waals surface area contributed by atoms with E-state index in [-0.39, 0.29) is 6.42 Å². The maximum Gasteiger partial charge on any atom is 0.397 e. The van der Waals surface area contributed by atoms with Crippen molar-refractivity contribution >= 4 is 16.3 Å². The molecular weight excluding hydrogens is 827 g/mol. The highest BCUT2D eigenvalue weighted by Gasteiger charge is 2.48. The number of amides is 1. The number of aliphatic hydroxyl groups is 5. The first-order valence-corrected chi connectivity index (χ1v) is 26.3. The molecule has 1 fully saturated rings. The van der Waals surface area contributed by atoms with Crippen molar-refractivity contribution in [3.63, 3.8) is 0 Å². The molecule has 0 radical (unpaired) electrons. The Morgan fingerprint density at radius 1 is 0.635 bits per heavy atom. The highest BCUT2D eigenvalue weighted by molar-refractivity contribution is 7.80. The van der Waals surface area contributed by atoms with Crippen molar-refractivity contribution in [1.82, 2.24) is 5.32 Å². The number of ether oxygens (including phenoxy) is 2. The zero-order chi connectivity index (χ0) is 46.4. The molecule has 0 saturated carbocycles. The Bertz CT molecular complexity index is 1280. The molecule has 0 aliphatic carbocycles. The molecule has 0 spiro atoms. The number of aliphatic hydroxyl groups excluding tert-OH is 5. The fourth-order valence-electron chi connectivity index (χ4n) is 7.79. The molecular formula is C49H91NO12S. The molecule has 1 aliphatic heterocycles. The lowest BCUT2D eigenvalue weighted by molar-refractivity contribution is -0.298. The molecule has 1 amide bonds. The molecule has 14 heteroatoms. The zero-order valence-corrected chi connectivity index (χ0v) is 40.1. The summed E-state index contributed by atoms with van der Waals surface area (Å²) in [6.45, 7) is 3.20. The smallest absolute Gasteiger partial charge is 0.394 e. The molecule has 0 aromatic carbocycles. The number of carbonyl (C=O) groups is 1. The number of nitrogens with one attached hydrogen (secondary N) is 1. The minimum absolute atomic E-state index is 0.237. The third-order valence-electron chi connectivity index (χ3n) is 11.8. The monoisotopic (exact) mass is 918 g/mol. The van der Waals surface area contributed by atoms with Gasteiger partial charge in [0.25, 0.3) is 0 Å². The van der Waals surface area contributed by atoms with Crippen molar-refractivity contribution in [2.24, 2.45) is 0 Å². The van der Waals surface area contributed by atoms with Crippen molar-refractivity contribution in [1.29, 1.82) is 0 Å². The minimum Gasteiger partial charge on any atom is -0.394 e. The van der Waals surface area contributed by atoms with Crippen LogP contribution in [0.5, 0.6) is 0 Å². The zero-order valence-electron chi connectivity index (χ0n) is 39.3. The van der Waals surface area contributed by atoms with Gasteiger partial charge in [-0.15, -0.1) is 0 Å². The number of carbonyl (C=O) groups excluding carboxylic acids is 1. The van der Waals surface area contributed by atoms with Crippen LogP contribution < -0.4 is 5.32 Å². The predicted octanol–water partition coefficient (Wildman–Crippen LogP) is 9.25. The van der Waals surface area contributed by atoms with Gasteiger partial charge in [-0.1, -0.05) is 198 Å². The van der Waals surface area contributed by atoms with Gasteiger partial charge in [0.05, 0.1) is 25.4 Å². The van der Waals surface area contributed by atoms with E-state index in [2.05, 4.69) is 47.7 Å². The van der Waals surface area contributed by atoms with E-state index in [4.69, 9.17) is 9.47 Å². The first-order chi connectivity index (χ1) is 30.4. The molecule has 0 aromatic heterocycles. The van der Waals surface area contributed by atoms with E-state index in [1.165, 1.54) is 134 Å². The Kier molecular flexibility index (Phi) is 37.1. The van der Waals surface area contributed by atoms with Gasteiger partial charge < -0.3 is 40.3 Å². The van der Waals surface area contributed by atoms with Crippen LogP contribution in [0.2, 0.25) is 0 Å². The third-order valence-corrected chi connectivity index (χ3v) is 12.2. The number of unbranched alkanes of at least 4 members (excludes halogenated alkanes) is 25. The van der Waals surface area contributed by atoms with Crippen molar-refractivity contribution in [2.75, 3.05) is 13.2 Å². The molecule has 1 rings (SSSR count). The molecule has 13 nitrogen and oxygen atoms in total. The maximum atomic E-state index is 13.1. The Balaban J connectivity index is 2.56. The first-order valence-electron chi connectivity index (χ1n) is 25.0. The summed E-state index contributed by atoms with van der Waals surface area (Å²) in [6, 6.07) is -1.14. The molecule has 8 atom stereocenters. The van der Waals surface area contributed by atoms with Gasteiger partial charge in [0.1, 0.15) is 30.5 Å². The lowest BCUT2D eigenvalue weighted by Crippen LogP contribution is -2.61. The Morgan fingerprint density at radius 3 is 1.52 bits per heavy atom. The van der Waals surface area contributed by atoms with Gasteiger partial charge in [-0.2, -0.15) is 8.42 Å². The average Bonchev–Trinajstić information content (AvgIpc) is 3.25. The van der Waals surface area contributed by atoms with E-state index in [0.717, 1.165) is 44.9 Å². The number of rotatable bonds is 42. The number of hydrogen-bond donors (Lipinski definition) is 7. The van der Waals surface area contributed by atoms with Gasteiger partial charge in [-0.25, -0.2) is 4.18 Å². The van der Waals surface area contributed by atoms with Crippen LogP contribution in [0.15, 0.2) is 36.5 Å². The molecule has 0 bridgehead atoms. The largest absolute Gasteiger partial charge is 0.397 e. The molecule has 63 heavy (non-hydrogen) atoms. The highest BCUT2D eigenvalue weighted by atomic mass is 32.3.